The van der Waals surface area contributed by atoms with Gasteiger partial charge in [0.2, 0.25) is 0 Å². The summed E-state index contributed by atoms with van der Waals surface area (Å²) in [6.07, 6.45) is 1.75. The van der Waals surface area contributed by atoms with E-state index in [1.807, 2.05) is 43.5 Å². The molecule has 5 heteroatoms. The molecule has 1 N–H and O–H groups in total. The zero-order valence-electron chi connectivity index (χ0n) is 19.0. The third kappa shape index (κ3) is 4.99. The fraction of sp³-hybridized carbons (Fsp3) is 0.500. The summed E-state index contributed by atoms with van der Waals surface area (Å²) in [4.78, 5) is 18.1. The smallest absolute Gasteiger partial charge is 0.263 e. The summed E-state index contributed by atoms with van der Waals surface area (Å²) in [6.45, 7) is 17.8. The molecule has 3 nitrogen and oxygen atoms in total. The van der Waals surface area contributed by atoms with Crippen molar-refractivity contribution in [2.75, 3.05) is 0 Å². The van der Waals surface area contributed by atoms with Crippen LogP contribution in [-0.2, 0) is 5.54 Å². The molecule has 0 aromatic carbocycles. The minimum atomic E-state index is -1.84. The summed E-state index contributed by atoms with van der Waals surface area (Å²) in [5, 5.41) is 5.09. The Kier molecular flexibility index (Phi) is 7.48. The highest BCUT2D eigenvalue weighted by Gasteiger charge is 2.41. The van der Waals surface area contributed by atoms with Crippen LogP contribution in [0.2, 0.25) is 16.6 Å². The van der Waals surface area contributed by atoms with Crippen LogP contribution in [0.15, 0.2) is 35.8 Å². The number of hydrogen-bond donors (Lipinski definition) is 1. The largest absolute Gasteiger partial charge is 0.341 e. The lowest BCUT2D eigenvalue weighted by molar-refractivity contribution is 0.0914. The van der Waals surface area contributed by atoms with Gasteiger partial charge in [-0.1, -0.05) is 53.5 Å². The van der Waals surface area contributed by atoms with E-state index in [9.17, 15) is 4.79 Å². The first-order valence-corrected chi connectivity index (χ1v) is 13.5. The number of rotatable bonds is 6. The lowest BCUT2D eigenvalue weighted by atomic mass is 9.99. The number of carbonyl (C=O) groups excluding carboxylic acids is 1. The zero-order valence-corrected chi connectivity index (χ0v) is 20.8. The molecule has 2 aromatic heterocycles. The van der Waals surface area contributed by atoms with Crippen molar-refractivity contribution in [1.29, 1.82) is 0 Å². The normalized spacial score (nSPS) is 12.2. The van der Waals surface area contributed by atoms with Gasteiger partial charge >= 0.3 is 0 Å². The van der Waals surface area contributed by atoms with E-state index in [0.717, 1.165) is 11.3 Å². The molecule has 0 radical (unpaired) electrons. The summed E-state index contributed by atoms with van der Waals surface area (Å²) >= 11 is 1.45. The molecule has 0 aliphatic heterocycles. The van der Waals surface area contributed by atoms with Crippen molar-refractivity contribution in [2.45, 2.75) is 77.6 Å². The molecule has 0 fully saturated rings. The van der Waals surface area contributed by atoms with Crippen molar-refractivity contribution in [3.05, 3.63) is 52.0 Å². The highest BCUT2D eigenvalue weighted by Crippen LogP contribution is 2.40. The van der Waals surface area contributed by atoms with Crippen LogP contribution in [0.5, 0.6) is 0 Å². The first kappa shape index (κ1) is 23.4. The van der Waals surface area contributed by atoms with E-state index >= 15 is 0 Å². The lowest BCUT2D eigenvalue weighted by Crippen LogP contribution is -2.43. The quantitative estimate of drug-likeness (QED) is 0.430. The topological polar surface area (TPSA) is 42.0 Å². The number of pyridine rings is 1. The van der Waals surface area contributed by atoms with Crippen molar-refractivity contribution in [1.82, 2.24) is 10.3 Å². The van der Waals surface area contributed by atoms with E-state index in [0.29, 0.717) is 21.5 Å². The highest BCUT2D eigenvalue weighted by atomic mass is 32.1. The van der Waals surface area contributed by atoms with Gasteiger partial charge in [-0.05, 0) is 54.1 Å². The van der Waals surface area contributed by atoms with Crippen LogP contribution in [0.3, 0.4) is 0 Å². The van der Waals surface area contributed by atoms with Crippen molar-refractivity contribution in [2.24, 2.45) is 0 Å². The van der Waals surface area contributed by atoms with E-state index in [4.69, 9.17) is 0 Å². The van der Waals surface area contributed by atoms with Crippen LogP contribution >= 0.6 is 11.3 Å². The number of carbonyl (C=O) groups is 1. The minimum Gasteiger partial charge on any atom is -0.341 e. The van der Waals surface area contributed by atoms with Gasteiger partial charge in [-0.15, -0.1) is 16.9 Å². The Bertz CT molecular complexity index is 867. The molecule has 0 aliphatic carbocycles. The van der Waals surface area contributed by atoms with Gasteiger partial charge in [0.05, 0.1) is 11.2 Å². The van der Waals surface area contributed by atoms with Crippen LogP contribution < -0.4 is 5.32 Å². The second kappa shape index (κ2) is 9.28. The fourth-order valence-corrected chi connectivity index (χ4v) is 10.3. The maximum absolute atomic E-state index is 13.1. The molecule has 0 bridgehead atoms. The molecular formula is C24H34N2OSSi. The SMILES string of the molecule is CC(C)[Si](C#Cc1ccsc1C(=O)NC(C)(C)c1ccccn1)(C(C)C)C(C)C. The molecule has 1 amide bonds. The van der Waals surface area contributed by atoms with Crippen LogP contribution in [0.4, 0.5) is 0 Å². The zero-order chi connectivity index (χ0) is 21.8. The molecule has 156 valence electrons. The lowest BCUT2D eigenvalue weighted by Gasteiger charge is -2.38. The van der Waals surface area contributed by atoms with Crippen LogP contribution in [0, 0.1) is 11.5 Å². The van der Waals surface area contributed by atoms with E-state index in [2.05, 4.69) is 63.3 Å². The van der Waals surface area contributed by atoms with Crippen LogP contribution in [0.25, 0.3) is 0 Å². The number of aromatic nitrogens is 1. The standard InChI is InChI=1S/C24H34N2OSSi/c1-17(2)29(18(3)4,19(5)6)16-13-20-12-15-28-22(20)23(27)26-24(7,8)21-11-9-10-14-25-21/h9-12,14-15,17-19H,1-8H3,(H,26,27). The third-order valence-electron chi connectivity index (χ3n) is 5.88. The van der Waals surface area contributed by atoms with Gasteiger partial charge in [0.25, 0.3) is 5.91 Å². The van der Waals surface area contributed by atoms with Gasteiger partial charge < -0.3 is 5.32 Å². The van der Waals surface area contributed by atoms with E-state index in [1.54, 1.807) is 6.20 Å². The number of thiophene rings is 1. The summed E-state index contributed by atoms with van der Waals surface area (Å²) < 4.78 is 0. The summed E-state index contributed by atoms with van der Waals surface area (Å²) in [5.74, 6) is 3.34. The Morgan fingerprint density at radius 1 is 1.07 bits per heavy atom. The maximum atomic E-state index is 13.1. The third-order valence-corrected chi connectivity index (χ3v) is 13.1. The van der Waals surface area contributed by atoms with Gasteiger partial charge in [-0.25, -0.2) is 0 Å². The highest BCUT2D eigenvalue weighted by molar-refractivity contribution is 7.12. The minimum absolute atomic E-state index is 0.0918. The van der Waals surface area contributed by atoms with Gasteiger partial charge in [0.1, 0.15) is 13.0 Å². The predicted octanol–water partition coefficient (Wildman–Crippen LogP) is 6.38. The molecule has 2 heterocycles. The average molecular weight is 427 g/mol. The second-order valence-electron chi connectivity index (χ2n) is 9.10. The Morgan fingerprint density at radius 2 is 1.69 bits per heavy atom. The molecule has 29 heavy (non-hydrogen) atoms. The number of hydrogen-bond acceptors (Lipinski definition) is 3. The first-order chi connectivity index (χ1) is 13.5. The van der Waals surface area contributed by atoms with Crippen molar-refractivity contribution in [3.8, 4) is 11.5 Å². The number of nitrogens with zero attached hydrogens (tertiary/aromatic N) is 1. The van der Waals surface area contributed by atoms with Crippen molar-refractivity contribution in [3.63, 3.8) is 0 Å². The second-order valence-corrected chi connectivity index (χ2v) is 15.6. The van der Waals surface area contributed by atoms with Gasteiger partial charge in [-0.3, -0.25) is 9.78 Å². The predicted molar refractivity (Wildman–Crippen MR) is 127 cm³/mol. The molecule has 2 rings (SSSR count). The Labute approximate surface area is 181 Å². The molecule has 0 unspecified atom stereocenters. The van der Waals surface area contributed by atoms with Crippen molar-refractivity contribution >= 4 is 25.3 Å². The maximum Gasteiger partial charge on any atom is 0.263 e. The van der Waals surface area contributed by atoms with E-state index in [-0.39, 0.29) is 5.91 Å². The molecule has 0 atom stereocenters. The van der Waals surface area contributed by atoms with Gasteiger partial charge in [0.15, 0.2) is 0 Å². The number of amides is 1. The fourth-order valence-electron chi connectivity index (χ4n) is 4.33. The van der Waals surface area contributed by atoms with Gasteiger partial charge in [0, 0.05) is 11.8 Å². The number of nitrogens with one attached hydrogen (secondary N) is 1. The van der Waals surface area contributed by atoms with Gasteiger partial charge in [-0.2, -0.15) is 0 Å². The molecular weight excluding hydrogens is 392 g/mol. The first-order valence-electron chi connectivity index (χ1n) is 10.4. The summed E-state index contributed by atoms with van der Waals surface area (Å²) in [6, 6.07) is 7.72. The van der Waals surface area contributed by atoms with E-state index < -0.39 is 13.6 Å². The van der Waals surface area contributed by atoms with Crippen LogP contribution in [-0.4, -0.2) is 19.0 Å². The Balaban J connectivity index is 2.35. The summed E-state index contributed by atoms with van der Waals surface area (Å²) in [5.41, 5.74) is 6.54. The Hall–Kier alpha value is -1.90. The molecule has 0 saturated carbocycles. The molecule has 0 aliphatic rings. The Morgan fingerprint density at radius 3 is 2.21 bits per heavy atom. The van der Waals surface area contributed by atoms with Crippen molar-refractivity contribution < 1.29 is 4.79 Å². The average Bonchev–Trinajstić information content (AvgIpc) is 3.10. The molecule has 0 saturated heterocycles. The molecule has 2 aromatic rings. The van der Waals surface area contributed by atoms with E-state index in [1.165, 1.54) is 11.3 Å². The monoisotopic (exact) mass is 426 g/mol. The summed E-state index contributed by atoms with van der Waals surface area (Å²) in [7, 11) is -1.84. The molecule has 0 spiro atoms. The van der Waals surface area contributed by atoms with Crippen LogP contribution in [0.1, 0.15) is 76.3 Å².